The molecule has 3 aromatic rings. The van der Waals surface area contributed by atoms with Crippen molar-refractivity contribution in [2.45, 2.75) is 37.8 Å². The highest BCUT2D eigenvalue weighted by atomic mass is 32.2. The molecule has 0 fully saturated rings. The van der Waals surface area contributed by atoms with E-state index in [0.29, 0.717) is 5.69 Å². The summed E-state index contributed by atoms with van der Waals surface area (Å²) in [4.78, 5) is 16.8. The molecule has 0 aliphatic rings. The summed E-state index contributed by atoms with van der Waals surface area (Å²) in [6, 6.07) is 12.3. The Balaban J connectivity index is 1.63. The second kappa shape index (κ2) is 7.70. The molecule has 0 saturated carbocycles. The molecule has 130 valence electrons. The summed E-state index contributed by atoms with van der Waals surface area (Å²) in [5.74, 6) is 0.798. The van der Waals surface area contributed by atoms with Gasteiger partial charge in [0, 0.05) is 17.2 Å². The molecule has 0 spiro atoms. The number of fused-ring (bicyclic) bond motifs is 1. The highest BCUT2D eigenvalue weighted by Crippen LogP contribution is 2.21. The predicted molar refractivity (Wildman–Crippen MR) is 104 cm³/mol. The van der Waals surface area contributed by atoms with Crippen LogP contribution in [0.2, 0.25) is 0 Å². The number of aromatic nitrogens is 3. The van der Waals surface area contributed by atoms with Crippen LogP contribution < -0.4 is 5.32 Å². The first-order valence-electron chi connectivity index (χ1n) is 8.34. The quantitative estimate of drug-likeness (QED) is 0.718. The second-order valence-corrected chi connectivity index (χ2v) is 7.58. The van der Waals surface area contributed by atoms with Gasteiger partial charge in [-0.2, -0.15) is 5.10 Å². The van der Waals surface area contributed by atoms with E-state index in [1.54, 1.807) is 24.2 Å². The third-order valence-electron chi connectivity index (χ3n) is 3.90. The van der Waals surface area contributed by atoms with E-state index in [2.05, 4.69) is 41.4 Å². The van der Waals surface area contributed by atoms with Gasteiger partial charge in [-0.1, -0.05) is 30.3 Å². The summed E-state index contributed by atoms with van der Waals surface area (Å²) < 4.78 is 1.87. The Bertz CT molecular complexity index is 860. The van der Waals surface area contributed by atoms with E-state index in [1.165, 1.54) is 5.56 Å². The van der Waals surface area contributed by atoms with Gasteiger partial charge in [-0.25, -0.2) is 9.67 Å². The number of carbonyl (C=O) groups is 1. The monoisotopic (exact) mass is 354 g/mol. The lowest BCUT2D eigenvalue weighted by Crippen LogP contribution is -2.22. The zero-order chi connectivity index (χ0) is 17.8. The first-order chi connectivity index (χ1) is 12.0. The number of nitrogens with one attached hydrogen (secondary N) is 1. The molecule has 1 N–H and O–H groups in total. The fourth-order valence-corrected chi connectivity index (χ4v) is 3.35. The molecule has 0 saturated heterocycles. The van der Waals surface area contributed by atoms with E-state index in [4.69, 9.17) is 0 Å². The summed E-state index contributed by atoms with van der Waals surface area (Å²) in [7, 11) is 0. The van der Waals surface area contributed by atoms with Gasteiger partial charge >= 0.3 is 0 Å². The average molecular weight is 354 g/mol. The van der Waals surface area contributed by atoms with Crippen molar-refractivity contribution < 1.29 is 4.79 Å². The van der Waals surface area contributed by atoms with Gasteiger partial charge in [0.05, 0.1) is 23.3 Å². The van der Waals surface area contributed by atoms with Crippen molar-refractivity contribution >= 4 is 34.4 Å². The molecule has 0 aliphatic carbocycles. The van der Waals surface area contributed by atoms with Crippen LogP contribution in [0.1, 0.15) is 32.4 Å². The second-order valence-electron chi connectivity index (χ2n) is 6.25. The minimum atomic E-state index is -0.144. The summed E-state index contributed by atoms with van der Waals surface area (Å²) in [6.45, 7) is 6.05. The van der Waals surface area contributed by atoms with E-state index >= 15 is 0 Å². The zero-order valence-electron chi connectivity index (χ0n) is 14.6. The molecule has 2 heterocycles. The van der Waals surface area contributed by atoms with Crippen molar-refractivity contribution in [3.05, 3.63) is 54.4 Å². The molecule has 2 aromatic heterocycles. The van der Waals surface area contributed by atoms with Crippen LogP contribution in [0.4, 0.5) is 5.69 Å². The highest BCUT2D eigenvalue weighted by molar-refractivity contribution is 7.99. The van der Waals surface area contributed by atoms with E-state index in [-0.39, 0.29) is 17.2 Å². The maximum absolute atomic E-state index is 12.4. The van der Waals surface area contributed by atoms with Crippen molar-refractivity contribution in [1.29, 1.82) is 0 Å². The lowest BCUT2D eigenvalue weighted by atomic mass is 10.2. The fourth-order valence-electron chi connectivity index (χ4n) is 2.50. The third kappa shape index (κ3) is 4.20. The number of hydrogen-bond acceptors (Lipinski definition) is 4. The molecule has 5 nitrogen and oxygen atoms in total. The molecule has 1 atom stereocenters. The van der Waals surface area contributed by atoms with E-state index in [1.807, 2.05) is 35.9 Å². The topological polar surface area (TPSA) is 59.8 Å². The summed E-state index contributed by atoms with van der Waals surface area (Å²) in [5, 5.41) is 8.08. The Labute approximate surface area is 151 Å². The van der Waals surface area contributed by atoms with Gasteiger partial charge in [0.15, 0.2) is 5.65 Å². The number of anilines is 1. The van der Waals surface area contributed by atoms with Crippen LogP contribution >= 0.6 is 11.8 Å². The molecule has 6 heteroatoms. The summed E-state index contributed by atoms with van der Waals surface area (Å²) in [6.07, 6.45) is 3.47. The number of amides is 1. The first kappa shape index (κ1) is 17.5. The lowest BCUT2D eigenvalue weighted by Gasteiger charge is -2.12. The Morgan fingerprint density at radius 2 is 1.96 bits per heavy atom. The SMILES string of the molecule is CC(SCc1ccccc1)C(=O)Nc1cnc2c(cnn2C(C)C)c1. The first-order valence-corrected chi connectivity index (χ1v) is 9.39. The van der Waals surface area contributed by atoms with E-state index in [0.717, 1.165) is 16.8 Å². The number of thioether (sulfide) groups is 1. The zero-order valence-corrected chi connectivity index (χ0v) is 15.5. The summed E-state index contributed by atoms with van der Waals surface area (Å²) in [5.41, 5.74) is 2.75. The Morgan fingerprint density at radius 1 is 1.20 bits per heavy atom. The van der Waals surface area contributed by atoms with Crippen LogP contribution in [0.5, 0.6) is 0 Å². The molecule has 1 unspecified atom stereocenters. The fraction of sp³-hybridized carbons (Fsp3) is 0.316. The van der Waals surface area contributed by atoms with Crippen LogP contribution in [0.25, 0.3) is 11.0 Å². The van der Waals surface area contributed by atoms with Crippen LogP contribution in [-0.4, -0.2) is 25.9 Å². The molecular formula is C19H22N4OS. The number of carbonyl (C=O) groups excluding carboxylic acids is 1. The number of benzene rings is 1. The highest BCUT2D eigenvalue weighted by Gasteiger charge is 2.15. The molecule has 0 radical (unpaired) electrons. The minimum absolute atomic E-state index is 0.0154. The maximum atomic E-state index is 12.4. The average Bonchev–Trinajstić information content (AvgIpc) is 3.04. The van der Waals surface area contributed by atoms with Crippen molar-refractivity contribution in [2.24, 2.45) is 0 Å². The van der Waals surface area contributed by atoms with Gasteiger partial charge in [-0.3, -0.25) is 4.79 Å². The number of rotatable bonds is 6. The Kier molecular flexibility index (Phi) is 5.38. The normalized spacial score (nSPS) is 12.5. The van der Waals surface area contributed by atoms with Gasteiger partial charge in [-0.05, 0) is 32.4 Å². The van der Waals surface area contributed by atoms with E-state index in [9.17, 15) is 4.79 Å². The van der Waals surface area contributed by atoms with Crippen molar-refractivity contribution in [1.82, 2.24) is 14.8 Å². The van der Waals surface area contributed by atoms with Crippen molar-refractivity contribution in [2.75, 3.05) is 5.32 Å². The third-order valence-corrected chi connectivity index (χ3v) is 5.12. The van der Waals surface area contributed by atoms with Gasteiger partial charge in [-0.15, -0.1) is 11.8 Å². The Morgan fingerprint density at radius 3 is 2.68 bits per heavy atom. The number of hydrogen-bond donors (Lipinski definition) is 1. The van der Waals surface area contributed by atoms with Gasteiger partial charge in [0.1, 0.15) is 0 Å². The van der Waals surface area contributed by atoms with Crippen molar-refractivity contribution in [3.8, 4) is 0 Å². The summed E-state index contributed by atoms with van der Waals surface area (Å²) >= 11 is 1.62. The smallest absolute Gasteiger partial charge is 0.237 e. The largest absolute Gasteiger partial charge is 0.324 e. The maximum Gasteiger partial charge on any atom is 0.237 e. The molecular weight excluding hydrogens is 332 g/mol. The van der Waals surface area contributed by atoms with Crippen LogP contribution in [-0.2, 0) is 10.5 Å². The van der Waals surface area contributed by atoms with E-state index < -0.39 is 0 Å². The van der Waals surface area contributed by atoms with Gasteiger partial charge < -0.3 is 5.32 Å². The molecule has 1 aromatic carbocycles. The standard InChI is InChI=1S/C19H22N4OS/c1-13(2)23-18-16(10-21-23)9-17(11-20-18)22-19(24)14(3)25-12-15-7-5-4-6-8-15/h4-11,13-14H,12H2,1-3H3,(H,22,24). The predicted octanol–water partition coefficient (Wildman–Crippen LogP) is 4.27. The molecule has 3 rings (SSSR count). The van der Waals surface area contributed by atoms with Gasteiger partial charge in [0.2, 0.25) is 5.91 Å². The minimum Gasteiger partial charge on any atom is -0.324 e. The number of nitrogens with zero attached hydrogens (tertiary/aromatic N) is 3. The Hall–Kier alpha value is -2.34. The van der Waals surface area contributed by atoms with Crippen molar-refractivity contribution in [3.63, 3.8) is 0 Å². The van der Waals surface area contributed by atoms with Gasteiger partial charge in [0.25, 0.3) is 0 Å². The molecule has 0 aliphatic heterocycles. The molecule has 1 amide bonds. The van der Waals surface area contributed by atoms with Crippen LogP contribution in [0.15, 0.2) is 48.8 Å². The van der Waals surface area contributed by atoms with Crippen LogP contribution in [0, 0.1) is 0 Å². The molecule has 25 heavy (non-hydrogen) atoms. The lowest BCUT2D eigenvalue weighted by molar-refractivity contribution is -0.115. The number of pyridine rings is 1. The van der Waals surface area contributed by atoms with Crippen LogP contribution in [0.3, 0.4) is 0 Å². The molecule has 0 bridgehead atoms.